The third-order valence-electron chi connectivity index (χ3n) is 4.09. The summed E-state index contributed by atoms with van der Waals surface area (Å²) >= 11 is 11.3. The SMILES string of the molecule is O=C(NS(=O)(=O)c1cnc(Cl)c(Cl)c1)[C@@H]1C[C@H]1c1cccc(C(F)(F)F)c1. The van der Waals surface area contributed by atoms with E-state index in [0.717, 1.165) is 24.4 Å². The lowest BCUT2D eigenvalue weighted by Crippen LogP contribution is -2.32. The van der Waals surface area contributed by atoms with E-state index in [-0.39, 0.29) is 21.5 Å². The zero-order valence-corrected chi connectivity index (χ0v) is 15.6. The van der Waals surface area contributed by atoms with Crippen molar-refractivity contribution in [3.8, 4) is 0 Å². The first-order valence-electron chi connectivity index (χ1n) is 7.54. The maximum Gasteiger partial charge on any atom is 0.416 e. The topological polar surface area (TPSA) is 76.1 Å². The number of carbonyl (C=O) groups is 1. The molecule has 2 aromatic rings. The highest BCUT2D eigenvalue weighted by Crippen LogP contribution is 2.48. The van der Waals surface area contributed by atoms with Crippen LogP contribution in [-0.2, 0) is 21.0 Å². The maximum absolute atomic E-state index is 12.8. The van der Waals surface area contributed by atoms with Crippen LogP contribution in [0.3, 0.4) is 0 Å². The Labute approximate surface area is 162 Å². The van der Waals surface area contributed by atoms with Gasteiger partial charge in [0.15, 0.2) is 0 Å². The van der Waals surface area contributed by atoms with E-state index in [0.29, 0.717) is 5.56 Å². The normalized spacial score (nSPS) is 19.6. The second-order valence-corrected chi connectivity index (χ2v) is 8.43. The Hall–Kier alpha value is -1.84. The average Bonchev–Trinajstić information content (AvgIpc) is 3.37. The fourth-order valence-electron chi connectivity index (χ4n) is 2.62. The molecule has 1 N–H and O–H groups in total. The van der Waals surface area contributed by atoms with Crippen LogP contribution in [0.1, 0.15) is 23.5 Å². The van der Waals surface area contributed by atoms with Gasteiger partial charge in [-0.05, 0) is 30.0 Å². The van der Waals surface area contributed by atoms with Gasteiger partial charge in [-0.2, -0.15) is 13.2 Å². The molecule has 1 aromatic carbocycles. The van der Waals surface area contributed by atoms with E-state index in [9.17, 15) is 26.4 Å². The van der Waals surface area contributed by atoms with Crippen LogP contribution in [0.25, 0.3) is 0 Å². The summed E-state index contributed by atoms with van der Waals surface area (Å²) in [6.45, 7) is 0. The van der Waals surface area contributed by atoms with Gasteiger partial charge in [0.05, 0.1) is 10.6 Å². The number of sulfonamides is 1. The Morgan fingerprint density at radius 1 is 1.22 bits per heavy atom. The number of aromatic nitrogens is 1. The van der Waals surface area contributed by atoms with Crippen molar-refractivity contribution in [3.05, 3.63) is 57.8 Å². The summed E-state index contributed by atoms with van der Waals surface area (Å²) in [5.74, 6) is -2.02. The Morgan fingerprint density at radius 2 is 1.93 bits per heavy atom. The van der Waals surface area contributed by atoms with Crippen LogP contribution < -0.4 is 4.72 Å². The lowest BCUT2D eigenvalue weighted by Gasteiger charge is -2.09. The van der Waals surface area contributed by atoms with Crippen LogP contribution in [0.4, 0.5) is 13.2 Å². The first kappa shape index (κ1) is 19.9. The molecule has 1 aliphatic rings. The maximum atomic E-state index is 12.8. The number of halogens is 5. The molecule has 144 valence electrons. The predicted molar refractivity (Wildman–Crippen MR) is 91.9 cm³/mol. The molecule has 1 aliphatic carbocycles. The van der Waals surface area contributed by atoms with Gasteiger partial charge in [0.1, 0.15) is 10.0 Å². The largest absolute Gasteiger partial charge is 0.416 e. The molecule has 1 aromatic heterocycles. The molecule has 1 fully saturated rings. The lowest BCUT2D eigenvalue weighted by molar-refractivity contribution is -0.137. The predicted octanol–water partition coefficient (Wildman–Crippen LogP) is 4.02. The fraction of sp³-hybridized carbons (Fsp3) is 0.250. The molecule has 1 heterocycles. The highest BCUT2D eigenvalue weighted by Gasteiger charge is 2.46. The monoisotopic (exact) mass is 438 g/mol. The summed E-state index contributed by atoms with van der Waals surface area (Å²) in [5.41, 5.74) is -0.487. The first-order valence-corrected chi connectivity index (χ1v) is 9.78. The van der Waals surface area contributed by atoms with E-state index in [4.69, 9.17) is 23.2 Å². The molecule has 1 saturated carbocycles. The summed E-state index contributed by atoms with van der Waals surface area (Å²) in [6.07, 6.45) is -3.30. The number of hydrogen-bond acceptors (Lipinski definition) is 4. The molecule has 0 bridgehead atoms. The summed E-state index contributed by atoms with van der Waals surface area (Å²) in [4.78, 5) is 15.5. The fourth-order valence-corrected chi connectivity index (χ4v) is 3.95. The van der Waals surface area contributed by atoms with E-state index < -0.39 is 39.5 Å². The lowest BCUT2D eigenvalue weighted by atomic mass is 10.1. The molecule has 0 aliphatic heterocycles. The Kier molecular flexibility index (Phi) is 5.13. The van der Waals surface area contributed by atoms with Gasteiger partial charge in [-0.3, -0.25) is 4.79 Å². The zero-order chi connectivity index (χ0) is 20.0. The van der Waals surface area contributed by atoms with Gasteiger partial charge < -0.3 is 0 Å². The summed E-state index contributed by atoms with van der Waals surface area (Å²) in [5, 5.41) is -0.186. The molecule has 11 heteroatoms. The van der Waals surface area contributed by atoms with Gasteiger partial charge in [-0.25, -0.2) is 18.1 Å². The molecule has 0 unspecified atom stereocenters. The molecule has 0 spiro atoms. The molecule has 3 rings (SSSR count). The molecule has 27 heavy (non-hydrogen) atoms. The van der Waals surface area contributed by atoms with Crippen molar-refractivity contribution < 1.29 is 26.4 Å². The van der Waals surface area contributed by atoms with Crippen molar-refractivity contribution in [2.75, 3.05) is 0 Å². The van der Waals surface area contributed by atoms with E-state index in [1.807, 2.05) is 4.72 Å². The van der Waals surface area contributed by atoms with Crippen molar-refractivity contribution in [3.63, 3.8) is 0 Å². The van der Waals surface area contributed by atoms with Gasteiger partial charge in [0.2, 0.25) is 5.91 Å². The average molecular weight is 439 g/mol. The Balaban J connectivity index is 1.72. The number of hydrogen-bond donors (Lipinski definition) is 1. The van der Waals surface area contributed by atoms with Gasteiger partial charge in [-0.15, -0.1) is 0 Å². The first-order chi connectivity index (χ1) is 12.5. The standard InChI is InChI=1S/C16H11Cl2F3N2O3S/c17-13-5-10(7-22-14(13)18)27(25,26)23-15(24)12-6-11(12)8-2-1-3-9(4-8)16(19,20)21/h1-5,7,11-12H,6H2,(H,23,24)/t11-,12+/m0/s1. The smallest absolute Gasteiger partial charge is 0.274 e. The number of alkyl halides is 3. The number of pyridine rings is 1. The van der Waals surface area contributed by atoms with Crippen molar-refractivity contribution in [2.24, 2.45) is 5.92 Å². The summed E-state index contributed by atoms with van der Waals surface area (Å²) < 4.78 is 64.8. The van der Waals surface area contributed by atoms with Crippen molar-refractivity contribution in [2.45, 2.75) is 23.4 Å². The second kappa shape index (κ2) is 6.96. The summed E-state index contributed by atoms with van der Waals surface area (Å²) in [6, 6.07) is 5.68. The van der Waals surface area contributed by atoms with Crippen LogP contribution in [0.2, 0.25) is 10.2 Å². The van der Waals surface area contributed by atoms with Gasteiger partial charge in [0, 0.05) is 12.1 Å². The molecule has 2 atom stereocenters. The molecule has 5 nitrogen and oxygen atoms in total. The minimum atomic E-state index is -4.49. The highest BCUT2D eigenvalue weighted by atomic mass is 35.5. The van der Waals surface area contributed by atoms with E-state index >= 15 is 0 Å². The third-order valence-corrected chi connectivity index (χ3v) is 6.09. The number of carbonyl (C=O) groups excluding carboxylic acids is 1. The van der Waals surface area contributed by atoms with Gasteiger partial charge >= 0.3 is 6.18 Å². The van der Waals surface area contributed by atoms with Gasteiger partial charge in [0.25, 0.3) is 10.0 Å². The number of nitrogens with zero attached hydrogens (tertiary/aromatic N) is 1. The van der Waals surface area contributed by atoms with E-state index in [1.54, 1.807) is 0 Å². The van der Waals surface area contributed by atoms with Crippen molar-refractivity contribution in [1.29, 1.82) is 0 Å². The molecule has 0 radical (unpaired) electrons. The molecule has 0 saturated heterocycles. The molecule has 1 amide bonds. The minimum Gasteiger partial charge on any atom is -0.274 e. The quantitative estimate of drug-likeness (QED) is 0.731. The van der Waals surface area contributed by atoms with Crippen LogP contribution in [-0.4, -0.2) is 19.3 Å². The highest BCUT2D eigenvalue weighted by molar-refractivity contribution is 7.90. The minimum absolute atomic E-state index is 0.0891. The zero-order valence-electron chi connectivity index (χ0n) is 13.3. The van der Waals surface area contributed by atoms with Crippen molar-refractivity contribution >= 4 is 39.1 Å². The van der Waals surface area contributed by atoms with Crippen LogP contribution >= 0.6 is 23.2 Å². The van der Waals surface area contributed by atoms with Crippen LogP contribution in [0.15, 0.2) is 41.4 Å². The van der Waals surface area contributed by atoms with Crippen molar-refractivity contribution in [1.82, 2.24) is 9.71 Å². The number of nitrogens with one attached hydrogen (secondary N) is 1. The number of rotatable bonds is 4. The summed E-state index contributed by atoms with van der Waals surface area (Å²) in [7, 11) is -4.23. The Bertz CT molecular complexity index is 1010. The third kappa shape index (κ3) is 4.36. The van der Waals surface area contributed by atoms with Crippen LogP contribution in [0.5, 0.6) is 0 Å². The van der Waals surface area contributed by atoms with Crippen LogP contribution in [0, 0.1) is 5.92 Å². The number of amides is 1. The molecular formula is C16H11Cl2F3N2O3S. The molecular weight excluding hydrogens is 428 g/mol. The Morgan fingerprint density at radius 3 is 2.56 bits per heavy atom. The second-order valence-electron chi connectivity index (χ2n) is 5.99. The van der Waals surface area contributed by atoms with Gasteiger partial charge in [-0.1, -0.05) is 41.4 Å². The number of benzene rings is 1. The van der Waals surface area contributed by atoms with E-state index in [1.165, 1.54) is 12.1 Å². The van der Waals surface area contributed by atoms with E-state index in [2.05, 4.69) is 4.98 Å².